The molecule has 7 heteroatoms. The third kappa shape index (κ3) is 6.25. The number of nitrogens with zero attached hydrogens (tertiary/aromatic N) is 1. The van der Waals surface area contributed by atoms with Gasteiger partial charge in [0.1, 0.15) is 0 Å². The summed E-state index contributed by atoms with van der Waals surface area (Å²) in [5.41, 5.74) is 2.14. The van der Waals surface area contributed by atoms with Gasteiger partial charge in [-0.25, -0.2) is 8.42 Å². The first kappa shape index (κ1) is 19.0. The van der Waals surface area contributed by atoms with Crippen molar-refractivity contribution in [1.82, 2.24) is 4.90 Å². The maximum atomic E-state index is 12.2. The normalized spacial score (nSPS) is 11.5. The highest BCUT2D eigenvalue weighted by Crippen LogP contribution is 2.17. The van der Waals surface area contributed by atoms with E-state index in [2.05, 4.69) is 4.72 Å². The average molecular weight is 379 g/mol. The van der Waals surface area contributed by atoms with Crippen molar-refractivity contribution < 1.29 is 13.2 Å². The number of amides is 1. The van der Waals surface area contributed by atoms with Gasteiger partial charge in [0.05, 0.1) is 6.26 Å². The summed E-state index contributed by atoms with van der Waals surface area (Å²) in [6, 6.07) is 14.1. The number of benzene rings is 2. The fourth-order valence-electron chi connectivity index (χ4n) is 2.13. The van der Waals surface area contributed by atoms with Gasteiger partial charge in [-0.2, -0.15) is 0 Å². The minimum absolute atomic E-state index is 0.154. The molecule has 0 aliphatic rings. The van der Waals surface area contributed by atoms with Gasteiger partial charge in [-0.05, 0) is 35.4 Å². The molecular formula is C18H19ClN2O3S. The fourth-order valence-corrected chi connectivity index (χ4v) is 2.89. The summed E-state index contributed by atoms with van der Waals surface area (Å²) < 4.78 is 24.7. The molecule has 1 amide bonds. The Hall–Kier alpha value is -2.31. The Balaban J connectivity index is 1.98. The Kier molecular flexibility index (Phi) is 6.22. The number of nitrogens with one attached hydrogen (secondary N) is 1. The summed E-state index contributed by atoms with van der Waals surface area (Å²) in [4.78, 5) is 13.8. The first-order chi connectivity index (χ1) is 11.7. The highest BCUT2D eigenvalue weighted by molar-refractivity contribution is 7.92. The van der Waals surface area contributed by atoms with E-state index in [1.165, 1.54) is 6.08 Å². The smallest absolute Gasteiger partial charge is 0.246 e. The van der Waals surface area contributed by atoms with Crippen LogP contribution in [0.4, 0.5) is 5.69 Å². The molecule has 132 valence electrons. The van der Waals surface area contributed by atoms with E-state index in [0.29, 0.717) is 17.3 Å². The molecule has 1 N–H and O–H groups in total. The van der Waals surface area contributed by atoms with Crippen LogP contribution in [0, 0.1) is 0 Å². The van der Waals surface area contributed by atoms with Crippen LogP contribution in [0.3, 0.4) is 0 Å². The number of carbonyl (C=O) groups excluding carboxylic acids is 1. The molecule has 0 fully saturated rings. The van der Waals surface area contributed by atoms with Crippen molar-refractivity contribution in [3.05, 3.63) is 70.8 Å². The molecule has 0 atom stereocenters. The monoisotopic (exact) mass is 378 g/mol. The third-order valence-corrected chi connectivity index (χ3v) is 4.35. The van der Waals surface area contributed by atoms with E-state index in [1.807, 2.05) is 18.2 Å². The summed E-state index contributed by atoms with van der Waals surface area (Å²) in [7, 11) is -1.60. The minimum atomic E-state index is -3.30. The molecule has 0 heterocycles. The number of hydrogen-bond donors (Lipinski definition) is 1. The zero-order valence-corrected chi connectivity index (χ0v) is 15.5. The predicted octanol–water partition coefficient (Wildman–Crippen LogP) is 3.38. The highest BCUT2D eigenvalue weighted by Gasteiger charge is 2.08. The van der Waals surface area contributed by atoms with Gasteiger partial charge in [0, 0.05) is 30.4 Å². The van der Waals surface area contributed by atoms with E-state index in [4.69, 9.17) is 11.6 Å². The Labute approximate surface area is 153 Å². The molecule has 0 radical (unpaired) electrons. The van der Waals surface area contributed by atoms with Crippen molar-refractivity contribution in [3.63, 3.8) is 0 Å². The van der Waals surface area contributed by atoms with Crippen LogP contribution in [0.1, 0.15) is 11.1 Å². The molecule has 5 nitrogen and oxygen atoms in total. The number of hydrogen-bond acceptors (Lipinski definition) is 3. The van der Waals surface area contributed by atoms with E-state index in [-0.39, 0.29) is 5.91 Å². The molecule has 0 aliphatic heterocycles. The van der Waals surface area contributed by atoms with Crippen LogP contribution in [0.25, 0.3) is 6.08 Å². The van der Waals surface area contributed by atoms with Crippen molar-refractivity contribution in [2.24, 2.45) is 0 Å². The summed E-state index contributed by atoms with van der Waals surface area (Å²) in [5.74, 6) is -0.154. The molecule has 0 unspecified atom stereocenters. The van der Waals surface area contributed by atoms with Gasteiger partial charge in [-0.1, -0.05) is 41.9 Å². The quantitative estimate of drug-likeness (QED) is 0.783. The molecule has 0 aliphatic carbocycles. The number of halogens is 1. The maximum Gasteiger partial charge on any atom is 0.246 e. The van der Waals surface area contributed by atoms with E-state index in [9.17, 15) is 13.2 Å². The van der Waals surface area contributed by atoms with Crippen LogP contribution < -0.4 is 4.72 Å². The van der Waals surface area contributed by atoms with Gasteiger partial charge in [-0.3, -0.25) is 9.52 Å². The van der Waals surface area contributed by atoms with Crippen molar-refractivity contribution in [3.8, 4) is 0 Å². The van der Waals surface area contributed by atoms with Crippen LogP contribution in [0.2, 0.25) is 5.02 Å². The van der Waals surface area contributed by atoms with Gasteiger partial charge in [0.2, 0.25) is 15.9 Å². The van der Waals surface area contributed by atoms with Gasteiger partial charge in [0.25, 0.3) is 0 Å². The standard InChI is InChI=1S/C18H19ClN2O3S/c1-21(13-15-5-3-4-6-17(15)19)18(22)12-9-14-7-10-16(11-8-14)20-25(2,23)24/h3-12,20H,13H2,1-2H3/b12-9+. The van der Waals surface area contributed by atoms with Crippen LogP contribution in [-0.4, -0.2) is 32.5 Å². The van der Waals surface area contributed by atoms with Crippen LogP contribution >= 0.6 is 11.6 Å². The van der Waals surface area contributed by atoms with Crippen molar-refractivity contribution in [1.29, 1.82) is 0 Å². The number of rotatable bonds is 6. The van der Waals surface area contributed by atoms with E-state index in [0.717, 1.165) is 17.4 Å². The van der Waals surface area contributed by atoms with Crippen molar-refractivity contribution >= 4 is 39.3 Å². The number of likely N-dealkylation sites (N-methyl/N-ethyl adjacent to an activating group) is 1. The molecule has 2 aromatic rings. The Bertz CT molecular complexity index is 877. The second-order valence-electron chi connectivity index (χ2n) is 5.62. The van der Waals surface area contributed by atoms with Gasteiger partial charge in [-0.15, -0.1) is 0 Å². The SMILES string of the molecule is CN(Cc1ccccc1Cl)C(=O)/C=C/c1ccc(NS(C)(=O)=O)cc1. The lowest BCUT2D eigenvalue weighted by Gasteiger charge is -2.16. The number of carbonyl (C=O) groups is 1. The summed E-state index contributed by atoms with van der Waals surface area (Å²) in [6.45, 7) is 0.417. The van der Waals surface area contributed by atoms with E-state index in [1.54, 1.807) is 48.4 Å². The van der Waals surface area contributed by atoms with Gasteiger partial charge >= 0.3 is 0 Å². The van der Waals surface area contributed by atoms with Gasteiger partial charge in [0.15, 0.2) is 0 Å². The zero-order chi connectivity index (χ0) is 18.4. The predicted molar refractivity (Wildman–Crippen MR) is 102 cm³/mol. The molecule has 0 saturated carbocycles. The zero-order valence-electron chi connectivity index (χ0n) is 13.9. The first-order valence-electron chi connectivity index (χ1n) is 7.49. The topological polar surface area (TPSA) is 66.5 Å². The number of sulfonamides is 1. The van der Waals surface area contributed by atoms with Crippen molar-refractivity contribution in [2.45, 2.75) is 6.54 Å². The summed E-state index contributed by atoms with van der Waals surface area (Å²) in [6.07, 6.45) is 4.24. The lowest BCUT2D eigenvalue weighted by Crippen LogP contribution is -2.24. The second kappa shape index (κ2) is 8.18. The molecule has 2 rings (SSSR count). The first-order valence-corrected chi connectivity index (χ1v) is 9.76. The Morgan fingerprint density at radius 3 is 2.40 bits per heavy atom. The van der Waals surface area contributed by atoms with Crippen LogP contribution in [0.15, 0.2) is 54.6 Å². The minimum Gasteiger partial charge on any atom is -0.338 e. The molecule has 25 heavy (non-hydrogen) atoms. The highest BCUT2D eigenvalue weighted by atomic mass is 35.5. The van der Waals surface area contributed by atoms with Crippen LogP contribution in [-0.2, 0) is 21.4 Å². The largest absolute Gasteiger partial charge is 0.338 e. The lowest BCUT2D eigenvalue weighted by atomic mass is 10.2. The van der Waals surface area contributed by atoms with Crippen molar-refractivity contribution in [2.75, 3.05) is 18.0 Å². The molecule has 2 aromatic carbocycles. The van der Waals surface area contributed by atoms with Gasteiger partial charge < -0.3 is 4.90 Å². The Morgan fingerprint density at radius 2 is 1.80 bits per heavy atom. The molecule has 0 aromatic heterocycles. The molecule has 0 saturated heterocycles. The van der Waals surface area contributed by atoms with E-state index >= 15 is 0 Å². The fraction of sp³-hybridized carbons (Fsp3) is 0.167. The maximum absolute atomic E-state index is 12.2. The second-order valence-corrected chi connectivity index (χ2v) is 7.77. The Morgan fingerprint density at radius 1 is 1.16 bits per heavy atom. The molecule has 0 spiro atoms. The third-order valence-electron chi connectivity index (χ3n) is 3.37. The summed E-state index contributed by atoms with van der Waals surface area (Å²) >= 11 is 6.10. The average Bonchev–Trinajstić information content (AvgIpc) is 2.54. The number of anilines is 1. The molecule has 0 bridgehead atoms. The van der Waals surface area contributed by atoms with E-state index < -0.39 is 10.0 Å². The lowest BCUT2D eigenvalue weighted by molar-refractivity contribution is -0.125. The molecular weight excluding hydrogens is 360 g/mol. The van der Waals surface area contributed by atoms with Crippen LogP contribution in [0.5, 0.6) is 0 Å². The summed E-state index contributed by atoms with van der Waals surface area (Å²) in [5, 5.41) is 0.625.